The van der Waals surface area contributed by atoms with Gasteiger partial charge < -0.3 is 9.47 Å². The van der Waals surface area contributed by atoms with Crippen molar-refractivity contribution in [1.29, 1.82) is 0 Å². The smallest absolute Gasteiger partial charge is 0.257 e. The highest BCUT2D eigenvalue weighted by atomic mass is 32.2. The fraction of sp³-hybridized carbons (Fsp3) is 0.357. The van der Waals surface area contributed by atoms with Gasteiger partial charge in [-0.25, -0.2) is 0 Å². The van der Waals surface area contributed by atoms with Crippen LogP contribution in [0.1, 0.15) is 23.7 Å². The number of nitrogens with zero attached hydrogens (tertiary/aromatic N) is 2. The number of aromatic nitrogens is 2. The normalized spacial score (nSPS) is 13.0. The number of hydrogen-bond acceptors (Lipinski definition) is 7. The highest BCUT2D eigenvalue weighted by molar-refractivity contribution is 8.01. The summed E-state index contributed by atoms with van der Waals surface area (Å²) in [5.74, 6) is 2.01. The maximum atomic E-state index is 12.2. The molecule has 0 fully saturated rings. The van der Waals surface area contributed by atoms with Crippen LogP contribution in [0.2, 0.25) is 0 Å². The van der Waals surface area contributed by atoms with Gasteiger partial charge in [0.2, 0.25) is 5.13 Å². The summed E-state index contributed by atoms with van der Waals surface area (Å²) in [4.78, 5) is 12.2. The van der Waals surface area contributed by atoms with Crippen molar-refractivity contribution in [2.75, 3.05) is 24.3 Å². The van der Waals surface area contributed by atoms with E-state index in [9.17, 15) is 4.79 Å². The zero-order valence-corrected chi connectivity index (χ0v) is 13.6. The summed E-state index contributed by atoms with van der Waals surface area (Å²) >= 11 is 3.02. The van der Waals surface area contributed by atoms with Crippen molar-refractivity contribution in [3.8, 4) is 11.5 Å². The van der Waals surface area contributed by atoms with Crippen LogP contribution in [0, 0.1) is 0 Å². The van der Waals surface area contributed by atoms with Crippen molar-refractivity contribution in [2.45, 2.75) is 17.7 Å². The number of benzene rings is 1. The summed E-state index contributed by atoms with van der Waals surface area (Å²) in [5.41, 5.74) is 0.502. The molecule has 2 aromatic rings. The minimum atomic E-state index is -0.236. The Morgan fingerprint density at radius 3 is 2.95 bits per heavy atom. The molecule has 0 bridgehead atoms. The van der Waals surface area contributed by atoms with Gasteiger partial charge in [0.1, 0.15) is 13.2 Å². The molecule has 0 saturated heterocycles. The highest BCUT2D eigenvalue weighted by Gasteiger charge is 2.16. The monoisotopic (exact) mass is 337 g/mol. The molecule has 1 aromatic carbocycles. The minimum Gasteiger partial charge on any atom is -0.486 e. The van der Waals surface area contributed by atoms with E-state index in [1.54, 1.807) is 30.0 Å². The molecule has 0 aliphatic carbocycles. The summed E-state index contributed by atoms with van der Waals surface area (Å²) in [6, 6.07) is 5.13. The van der Waals surface area contributed by atoms with E-state index in [0.717, 1.165) is 16.5 Å². The Morgan fingerprint density at radius 1 is 1.32 bits per heavy atom. The summed E-state index contributed by atoms with van der Waals surface area (Å²) in [5, 5.41) is 11.3. The number of ether oxygens (including phenoxy) is 2. The first kappa shape index (κ1) is 15.1. The van der Waals surface area contributed by atoms with Crippen LogP contribution >= 0.6 is 23.1 Å². The van der Waals surface area contributed by atoms with Gasteiger partial charge in [0.05, 0.1) is 0 Å². The number of anilines is 1. The van der Waals surface area contributed by atoms with Crippen LogP contribution in [0.5, 0.6) is 11.5 Å². The van der Waals surface area contributed by atoms with Crippen molar-refractivity contribution >= 4 is 34.1 Å². The van der Waals surface area contributed by atoms with Crippen LogP contribution in [0.15, 0.2) is 22.5 Å². The SMILES string of the molecule is CCCSc1nnc(NC(=O)c2ccc3c(c2)OCCO3)s1. The summed E-state index contributed by atoms with van der Waals surface area (Å²) in [7, 11) is 0. The van der Waals surface area contributed by atoms with E-state index in [0.29, 0.717) is 35.4 Å². The molecule has 1 aliphatic heterocycles. The molecule has 22 heavy (non-hydrogen) atoms. The van der Waals surface area contributed by atoms with Gasteiger partial charge in [-0.05, 0) is 24.6 Å². The van der Waals surface area contributed by atoms with E-state index in [4.69, 9.17) is 9.47 Å². The number of amides is 1. The van der Waals surface area contributed by atoms with E-state index in [-0.39, 0.29) is 5.91 Å². The van der Waals surface area contributed by atoms with Crippen molar-refractivity contribution in [3.05, 3.63) is 23.8 Å². The van der Waals surface area contributed by atoms with Crippen molar-refractivity contribution in [1.82, 2.24) is 10.2 Å². The van der Waals surface area contributed by atoms with E-state index in [1.165, 1.54) is 11.3 Å². The van der Waals surface area contributed by atoms with Gasteiger partial charge in [-0.15, -0.1) is 10.2 Å². The fourth-order valence-electron chi connectivity index (χ4n) is 1.86. The zero-order valence-electron chi connectivity index (χ0n) is 12.0. The van der Waals surface area contributed by atoms with Gasteiger partial charge in [0.15, 0.2) is 15.8 Å². The van der Waals surface area contributed by atoms with Gasteiger partial charge in [0.25, 0.3) is 5.91 Å². The lowest BCUT2D eigenvalue weighted by Crippen LogP contribution is -2.17. The molecule has 1 aliphatic rings. The summed E-state index contributed by atoms with van der Waals surface area (Å²) in [6.07, 6.45) is 1.07. The topological polar surface area (TPSA) is 73.3 Å². The third-order valence-electron chi connectivity index (χ3n) is 2.86. The Labute approximate surface area is 136 Å². The molecular weight excluding hydrogens is 322 g/mol. The molecule has 8 heteroatoms. The van der Waals surface area contributed by atoms with Crippen molar-refractivity contribution in [3.63, 3.8) is 0 Å². The Balaban J connectivity index is 1.67. The minimum absolute atomic E-state index is 0.236. The van der Waals surface area contributed by atoms with E-state index < -0.39 is 0 Å². The Kier molecular flexibility index (Phi) is 4.79. The maximum absolute atomic E-state index is 12.2. The molecule has 0 unspecified atom stereocenters. The average molecular weight is 337 g/mol. The molecule has 0 spiro atoms. The van der Waals surface area contributed by atoms with Crippen molar-refractivity contribution < 1.29 is 14.3 Å². The number of nitrogens with one attached hydrogen (secondary N) is 1. The van der Waals surface area contributed by atoms with Gasteiger partial charge in [-0.1, -0.05) is 30.0 Å². The first-order valence-corrected chi connectivity index (χ1v) is 8.74. The number of carbonyl (C=O) groups excluding carboxylic acids is 1. The quantitative estimate of drug-likeness (QED) is 0.668. The molecule has 0 saturated carbocycles. The van der Waals surface area contributed by atoms with Crippen LogP contribution in [0.25, 0.3) is 0 Å². The standard InChI is InChI=1S/C14H15N3O3S2/c1-2-7-21-14-17-16-13(22-14)15-12(18)9-3-4-10-11(8-9)20-6-5-19-10/h3-4,8H,2,5-7H2,1H3,(H,15,16,18). The summed E-state index contributed by atoms with van der Waals surface area (Å²) in [6.45, 7) is 3.13. The molecule has 1 amide bonds. The molecule has 2 heterocycles. The molecular formula is C14H15N3O3S2. The average Bonchev–Trinajstić information content (AvgIpc) is 2.99. The molecule has 6 nitrogen and oxygen atoms in total. The first-order valence-electron chi connectivity index (χ1n) is 6.93. The van der Waals surface area contributed by atoms with Crippen LogP contribution in [0.4, 0.5) is 5.13 Å². The lowest BCUT2D eigenvalue weighted by molar-refractivity contribution is 0.102. The Morgan fingerprint density at radius 2 is 2.14 bits per heavy atom. The Hall–Kier alpha value is -1.80. The highest BCUT2D eigenvalue weighted by Crippen LogP contribution is 2.31. The third kappa shape index (κ3) is 3.50. The van der Waals surface area contributed by atoms with Crippen LogP contribution in [-0.4, -0.2) is 35.1 Å². The second kappa shape index (κ2) is 6.97. The molecule has 1 aromatic heterocycles. The third-order valence-corrected chi connectivity index (χ3v) is 5.04. The number of thioether (sulfide) groups is 1. The van der Waals surface area contributed by atoms with Crippen LogP contribution < -0.4 is 14.8 Å². The fourth-order valence-corrected chi connectivity index (χ4v) is 3.53. The van der Waals surface area contributed by atoms with Gasteiger partial charge >= 0.3 is 0 Å². The van der Waals surface area contributed by atoms with E-state index in [2.05, 4.69) is 22.4 Å². The van der Waals surface area contributed by atoms with E-state index in [1.807, 2.05) is 0 Å². The van der Waals surface area contributed by atoms with Crippen molar-refractivity contribution in [2.24, 2.45) is 0 Å². The Bertz CT molecular complexity index is 675. The van der Waals surface area contributed by atoms with Gasteiger partial charge in [0, 0.05) is 11.3 Å². The maximum Gasteiger partial charge on any atom is 0.257 e. The lowest BCUT2D eigenvalue weighted by Gasteiger charge is -2.18. The first-order chi connectivity index (χ1) is 10.8. The van der Waals surface area contributed by atoms with Gasteiger partial charge in [-0.3, -0.25) is 10.1 Å². The number of rotatable bonds is 5. The molecule has 1 N–H and O–H groups in total. The molecule has 3 rings (SSSR count). The number of hydrogen-bond donors (Lipinski definition) is 1. The number of carbonyl (C=O) groups is 1. The zero-order chi connectivity index (χ0) is 15.4. The van der Waals surface area contributed by atoms with Crippen LogP contribution in [-0.2, 0) is 0 Å². The van der Waals surface area contributed by atoms with Gasteiger partial charge in [-0.2, -0.15) is 0 Å². The molecule has 116 valence electrons. The molecule has 0 atom stereocenters. The lowest BCUT2D eigenvalue weighted by atomic mass is 10.2. The van der Waals surface area contributed by atoms with Crippen LogP contribution in [0.3, 0.4) is 0 Å². The predicted molar refractivity (Wildman–Crippen MR) is 86.3 cm³/mol. The summed E-state index contributed by atoms with van der Waals surface area (Å²) < 4.78 is 11.8. The van der Waals surface area contributed by atoms with E-state index >= 15 is 0 Å². The largest absolute Gasteiger partial charge is 0.486 e. The number of fused-ring (bicyclic) bond motifs is 1. The predicted octanol–water partition coefficient (Wildman–Crippen LogP) is 3.06. The molecule has 0 radical (unpaired) electrons. The second-order valence-electron chi connectivity index (χ2n) is 4.53. The second-order valence-corrected chi connectivity index (χ2v) is 6.85.